The van der Waals surface area contributed by atoms with Crippen LogP contribution in [0.15, 0.2) is 35.5 Å². The molecule has 0 bridgehead atoms. The van der Waals surface area contributed by atoms with Crippen LogP contribution in [0.2, 0.25) is 0 Å². The Morgan fingerprint density at radius 1 is 1.30 bits per heavy atom. The van der Waals surface area contributed by atoms with Crippen molar-refractivity contribution in [2.24, 2.45) is 0 Å². The maximum absolute atomic E-state index is 5.29. The van der Waals surface area contributed by atoms with Crippen LogP contribution in [0.4, 0.5) is 0 Å². The van der Waals surface area contributed by atoms with E-state index in [1.54, 1.807) is 17.2 Å². The molecule has 4 rings (SSSR count). The predicted molar refractivity (Wildman–Crippen MR) is 69.0 cm³/mol. The van der Waals surface area contributed by atoms with E-state index in [0.717, 1.165) is 24.4 Å². The van der Waals surface area contributed by atoms with Gasteiger partial charge in [0.2, 0.25) is 0 Å². The van der Waals surface area contributed by atoms with Gasteiger partial charge >= 0.3 is 0 Å². The number of hydrogen-bond acceptors (Lipinski definition) is 6. The highest BCUT2D eigenvalue weighted by atomic mass is 16.5. The van der Waals surface area contributed by atoms with E-state index < -0.39 is 0 Å². The van der Waals surface area contributed by atoms with Crippen LogP contribution in [0.25, 0.3) is 17.3 Å². The molecule has 0 atom stereocenters. The Hall–Kier alpha value is -2.57. The molecule has 3 aromatic heterocycles. The van der Waals surface area contributed by atoms with Gasteiger partial charge in [0, 0.05) is 5.41 Å². The molecule has 0 saturated heterocycles. The lowest BCUT2D eigenvalue weighted by Crippen LogP contribution is -2.02. The van der Waals surface area contributed by atoms with Gasteiger partial charge in [0.25, 0.3) is 5.89 Å². The Morgan fingerprint density at radius 3 is 2.85 bits per heavy atom. The first-order valence-corrected chi connectivity index (χ1v) is 6.40. The number of nitrogens with zero attached hydrogens (tertiary/aromatic N) is 6. The fourth-order valence-corrected chi connectivity index (χ4v) is 1.97. The summed E-state index contributed by atoms with van der Waals surface area (Å²) in [5, 5.41) is 8.09. The van der Waals surface area contributed by atoms with Gasteiger partial charge in [0.15, 0.2) is 5.82 Å². The highest BCUT2D eigenvalue weighted by Crippen LogP contribution is 2.46. The average Bonchev–Trinajstić information content (AvgIpc) is 2.95. The highest BCUT2D eigenvalue weighted by Gasteiger charge is 2.43. The van der Waals surface area contributed by atoms with Gasteiger partial charge in [0.05, 0.1) is 11.9 Å². The van der Waals surface area contributed by atoms with Crippen LogP contribution in [0.1, 0.15) is 25.6 Å². The first-order valence-electron chi connectivity index (χ1n) is 6.40. The van der Waals surface area contributed by atoms with Gasteiger partial charge in [-0.1, -0.05) is 12.1 Å². The summed E-state index contributed by atoms with van der Waals surface area (Å²) in [6, 6.07) is 3.73. The number of hydrogen-bond donors (Lipinski definition) is 0. The Bertz CT molecular complexity index is 727. The lowest BCUT2D eigenvalue weighted by molar-refractivity contribution is 0.414. The molecule has 1 aliphatic rings. The summed E-state index contributed by atoms with van der Waals surface area (Å²) >= 11 is 0. The van der Waals surface area contributed by atoms with E-state index in [9.17, 15) is 0 Å². The minimum Gasteiger partial charge on any atom is -0.332 e. The first-order chi connectivity index (χ1) is 9.74. The van der Waals surface area contributed by atoms with E-state index in [1.165, 1.54) is 6.33 Å². The minimum atomic E-state index is 0.0996. The van der Waals surface area contributed by atoms with Gasteiger partial charge in [-0.05, 0) is 25.0 Å². The third-order valence-electron chi connectivity index (χ3n) is 3.62. The second kappa shape index (κ2) is 3.96. The van der Waals surface area contributed by atoms with Gasteiger partial charge < -0.3 is 4.52 Å². The van der Waals surface area contributed by atoms with Crippen molar-refractivity contribution in [3.8, 4) is 17.3 Å². The number of rotatable bonds is 3. The van der Waals surface area contributed by atoms with Crippen molar-refractivity contribution >= 4 is 0 Å². The second-order valence-electron chi connectivity index (χ2n) is 5.23. The lowest BCUT2D eigenvalue weighted by atomic mass is 10.1. The van der Waals surface area contributed by atoms with E-state index >= 15 is 0 Å². The first kappa shape index (κ1) is 11.3. The van der Waals surface area contributed by atoms with Crippen LogP contribution in [-0.2, 0) is 5.41 Å². The summed E-state index contributed by atoms with van der Waals surface area (Å²) in [7, 11) is 0. The molecule has 1 fully saturated rings. The van der Waals surface area contributed by atoms with Gasteiger partial charge in [-0.15, -0.1) is 0 Å². The molecule has 0 spiro atoms. The number of pyridine rings is 1. The lowest BCUT2D eigenvalue weighted by Gasteiger charge is -2.00. The van der Waals surface area contributed by atoms with Crippen LogP contribution >= 0.6 is 0 Å². The molecule has 0 aliphatic heterocycles. The van der Waals surface area contributed by atoms with E-state index in [-0.39, 0.29) is 5.41 Å². The third kappa shape index (κ3) is 1.78. The predicted octanol–water partition coefficient (Wildman–Crippen LogP) is 1.76. The second-order valence-corrected chi connectivity index (χ2v) is 5.23. The topological polar surface area (TPSA) is 82.5 Å². The van der Waals surface area contributed by atoms with Gasteiger partial charge in [-0.2, -0.15) is 10.1 Å². The van der Waals surface area contributed by atoms with Gasteiger partial charge in [-0.3, -0.25) is 0 Å². The fourth-order valence-electron chi connectivity index (χ4n) is 1.97. The van der Waals surface area contributed by atoms with E-state index in [1.807, 2.05) is 12.1 Å². The van der Waals surface area contributed by atoms with Crippen molar-refractivity contribution in [2.75, 3.05) is 0 Å². The standard InChI is InChI=1S/C13H12N6O/c1-13(4-5-13)12-17-11(20-18-12)10-3-2-9(6-15-10)19-8-14-7-16-19/h2-3,6-8H,4-5H2,1H3. The molecule has 1 saturated carbocycles. The van der Waals surface area contributed by atoms with Crippen molar-refractivity contribution in [1.29, 1.82) is 0 Å². The van der Waals surface area contributed by atoms with E-state index in [4.69, 9.17) is 4.52 Å². The van der Waals surface area contributed by atoms with E-state index in [2.05, 4.69) is 32.1 Å². The summed E-state index contributed by atoms with van der Waals surface area (Å²) in [5.41, 5.74) is 1.60. The summed E-state index contributed by atoms with van der Waals surface area (Å²) in [4.78, 5) is 12.7. The quantitative estimate of drug-likeness (QED) is 0.719. The maximum Gasteiger partial charge on any atom is 0.276 e. The molecule has 0 N–H and O–H groups in total. The highest BCUT2D eigenvalue weighted by molar-refractivity contribution is 5.48. The Labute approximate surface area is 114 Å². The molecule has 3 heterocycles. The molecule has 3 aromatic rings. The molecule has 7 nitrogen and oxygen atoms in total. The van der Waals surface area contributed by atoms with Crippen LogP contribution < -0.4 is 0 Å². The zero-order chi connectivity index (χ0) is 13.6. The normalized spacial score (nSPS) is 16.2. The minimum absolute atomic E-state index is 0.0996. The van der Waals surface area contributed by atoms with Crippen molar-refractivity contribution < 1.29 is 4.52 Å². The Balaban J connectivity index is 1.64. The summed E-state index contributed by atoms with van der Waals surface area (Å²) in [6.45, 7) is 2.14. The van der Waals surface area contributed by atoms with E-state index in [0.29, 0.717) is 11.6 Å². The zero-order valence-electron chi connectivity index (χ0n) is 10.9. The summed E-state index contributed by atoms with van der Waals surface area (Å²) in [6.07, 6.45) is 7.03. The van der Waals surface area contributed by atoms with Crippen molar-refractivity contribution in [3.63, 3.8) is 0 Å². The smallest absolute Gasteiger partial charge is 0.276 e. The summed E-state index contributed by atoms with van der Waals surface area (Å²) < 4.78 is 6.93. The monoisotopic (exact) mass is 268 g/mol. The van der Waals surface area contributed by atoms with Gasteiger partial charge in [0.1, 0.15) is 18.3 Å². The molecule has 0 aromatic carbocycles. The Kier molecular flexibility index (Phi) is 2.23. The van der Waals surface area contributed by atoms with Crippen LogP contribution in [0.3, 0.4) is 0 Å². The van der Waals surface area contributed by atoms with Crippen LogP contribution in [0, 0.1) is 0 Å². The molecular formula is C13H12N6O. The number of aromatic nitrogens is 6. The molecule has 0 radical (unpaired) electrons. The molecule has 7 heteroatoms. The maximum atomic E-state index is 5.29. The molecule has 100 valence electrons. The Morgan fingerprint density at radius 2 is 2.20 bits per heavy atom. The zero-order valence-corrected chi connectivity index (χ0v) is 10.9. The molecular weight excluding hydrogens is 256 g/mol. The molecule has 20 heavy (non-hydrogen) atoms. The van der Waals surface area contributed by atoms with Crippen molar-refractivity contribution in [2.45, 2.75) is 25.2 Å². The molecule has 1 aliphatic carbocycles. The molecule has 0 amide bonds. The third-order valence-corrected chi connectivity index (χ3v) is 3.62. The van der Waals surface area contributed by atoms with Crippen molar-refractivity contribution in [1.82, 2.24) is 29.9 Å². The van der Waals surface area contributed by atoms with Gasteiger partial charge in [-0.25, -0.2) is 14.6 Å². The van der Waals surface area contributed by atoms with Crippen molar-refractivity contribution in [3.05, 3.63) is 36.8 Å². The largest absolute Gasteiger partial charge is 0.332 e. The van der Waals surface area contributed by atoms with Crippen LogP contribution in [0.5, 0.6) is 0 Å². The summed E-state index contributed by atoms with van der Waals surface area (Å²) in [5.74, 6) is 1.23. The average molecular weight is 268 g/mol. The van der Waals surface area contributed by atoms with Crippen LogP contribution in [-0.4, -0.2) is 29.9 Å². The fraction of sp³-hybridized carbons (Fsp3) is 0.308. The SMILES string of the molecule is CC1(c2noc(-c3ccc(-n4cncn4)cn3)n2)CC1. The molecule has 0 unspecified atom stereocenters.